The SMILES string of the molecule is CCCCOC(=O)CCCCc1c2ccccc2c(CCCCC(=O)OCCCC)c2cc(CC)ccc12. The fourth-order valence-electron chi connectivity index (χ4n) is 5.11. The fourth-order valence-corrected chi connectivity index (χ4v) is 5.11. The van der Waals surface area contributed by atoms with Gasteiger partial charge in [0.15, 0.2) is 0 Å². The van der Waals surface area contributed by atoms with Crippen LogP contribution in [0.3, 0.4) is 0 Å². The summed E-state index contributed by atoms with van der Waals surface area (Å²) >= 11 is 0. The lowest BCUT2D eigenvalue weighted by Gasteiger charge is -2.18. The van der Waals surface area contributed by atoms with Crippen molar-refractivity contribution in [3.05, 3.63) is 59.2 Å². The maximum absolute atomic E-state index is 12.1. The first-order valence-corrected chi connectivity index (χ1v) is 14.8. The van der Waals surface area contributed by atoms with Gasteiger partial charge in [-0.1, -0.05) is 76.1 Å². The van der Waals surface area contributed by atoms with Crippen LogP contribution in [0.5, 0.6) is 0 Å². The molecule has 0 unspecified atom stereocenters. The summed E-state index contributed by atoms with van der Waals surface area (Å²) in [5.74, 6) is -0.156. The number of esters is 2. The molecule has 0 bridgehead atoms. The van der Waals surface area contributed by atoms with E-state index < -0.39 is 0 Å². The number of fused-ring (bicyclic) bond motifs is 2. The van der Waals surface area contributed by atoms with Crippen molar-refractivity contribution in [3.63, 3.8) is 0 Å². The van der Waals surface area contributed by atoms with E-state index in [1.165, 1.54) is 38.2 Å². The van der Waals surface area contributed by atoms with E-state index in [0.717, 1.165) is 70.6 Å². The molecule has 0 spiro atoms. The Morgan fingerprint density at radius 1 is 0.605 bits per heavy atom. The first kappa shape index (κ1) is 29.7. The molecule has 206 valence electrons. The molecule has 3 rings (SSSR count). The minimum absolute atomic E-state index is 0.0778. The quantitative estimate of drug-likeness (QED) is 0.102. The number of carbonyl (C=O) groups excluding carboxylic acids is 2. The molecular formula is C34H46O4. The zero-order chi connectivity index (χ0) is 27.2. The largest absolute Gasteiger partial charge is 0.466 e. The van der Waals surface area contributed by atoms with Crippen LogP contribution in [0, 0.1) is 0 Å². The van der Waals surface area contributed by atoms with Gasteiger partial charge in [0.25, 0.3) is 0 Å². The molecule has 3 aromatic carbocycles. The van der Waals surface area contributed by atoms with Gasteiger partial charge in [0, 0.05) is 12.8 Å². The van der Waals surface area contributed by atoms with Gasteiger partial charge in [0.2, 0.25) is 0 Å². The lowest BCUT2D eigenvalue weighted by Crippen LogP contribution is -2.06. The van der Waals surface area contributed by atoms with Crippen LogP contribution in [0.15, 0.2) is 42.5 Å². The third-order valence-electron chi connectivity index (χ3n) is 7.36. The number of unbranched alkanes of at least 4 members (excludes halogenated alkanes) is 4. The zero-order valence-corrected chi connectivity index (χ0v) is 23.8. The zero-order valence-electron chi connectivity index (χ0n) is 23.8. The lowest BCUT2D eigenvalue weighted by molar-refractivity contribution is -0.144. The highest BCUT2D eigenvalue weighted by atomic mass is 16.5. The van der Waals surface area contributed by atoms with Crippen LogP contribution in [-0.4, -0.2) is 25.2 Å². The molecular weight excluding hydrogens is 472 g/mol. The van der Waals surface area contributed by atoms with Gasteiger partial charge < -0.3 is 9.47 Å². The highest BCUT2D eigenvalue weighted by Gasteiger charge is 2.15. The van der Waals surface area contributed by atoms with Crippen LogP contribution in [0.1, 0.15) is 102 Å². The molecule has 0 amide bonds. The first-order valence-electron chi connectivity index (χ1n) is 14.8. The summed E-state index contributed by atoms with van der Waals surface area (Å²) < 4.78 is 10.7. The number of hydrogen-bond acceptors (Lipinski definition) is 4. The summed E-state index contributed by atoms with van der Waals surface area (Å²) in [5, 5.41) is 5.28. The first-order chi connectivity index (χ1) is 18.6. The summed E-state index contributed by atoms with van der Waals surface area (Å²) in [4.78, 5) is 24.1. The summed E-state index contributed by atoms with van der Waals surface area (Å²) in [7, 11) is 0. The fraction of sp³-hybridized carbons (Fsp3) is 0.529. The third-order valence-corrected chi connectivity index (χ3v) is 7.36. The van der Waals surface area contributed by atoms with Crippen LogP contribution in [0.4, 0.5) is 0 Å². The second kappa shape index (κ2) is 16.2. The van der Waals surface area contributed by atoms with E-state index in [-0.39, 0.29) is 11.9 Å². The van der Waals surface area contributed by atoms with Crippen molar-refractivity contribution in [2.24, 2.45) is 0 Å². The van der Waals surface area contributed by atoms with E-state index in [1.807, 2.05) is 0 Å². The Hall–Kier alpha value is -2.88. The van der Waals surface area contributed by atoms with Gasteiger partial charge in [-0.2, -0.15) is 0 Å². The standard InChI is InChI=1S/C34H46O4/c1-4-7-23-37-33(35)19-13-11-17-29-27-15-9-10-16-28(27)30(32-25-26(6-3)21-22-31(29)32)18-12-14-20-34(36)38-24-8-5-2/h9-10,15-16,21-22,25H,4-8,11-14,17-20,23-24H2,1-3H3. The summed E-state index contributed by atoms with van der Waals surface area (Å²) in [6.07, 6.45) is 11.4. The molecule has 0 aliphatic heterocycles. The maximum Gasteiger partial charge on any atom is 0.305 e. The molecule has 38 heavy (non-hydrogen) atoms. The minimum atomic E-state index is -0.0784. The van der Waals surface area contributed by atoms with Crippen molar-refractivity contribution in [1.82, 2.24) is 0 Å². The van der Waals surface area contributed by atoms with E-state index in [1.54, 1.807) is 0 Å². The minimum Gasteiger partial charge on any atom is -0.466 e. The second-order valence-corrected chi connectivity index (χ2v) is 10.3. The predicted molar refractivity (Wildman–Crippen MR) is 158 cm³/mol. The smallest absolute Gasteiger partial charge is 0.305 e. The molecule has 0 aromatic heterocycles. The highest BCUT2D eigenvalue weighted by Crippen LogP contribution is 2.35. The molecule has 0 saturated carbocycles. The van der Waals surface area contributed by atoms with Crippen LogP contribution in [0.25, 0.3) is 21.5 Å². The molecule has 0 saturated heterocycles. The van der Waals surface area contributed by atoms with Crippen molar-refractivity contribution in [1.29, 1.82) is 0 Å². The lowest BCUT2D eigenvalue weighted by atomic mass is 9.86. The van der Waals surface area contributed by atoms with E-state index in [9.17, 15) is 9.59 Å². The van der Waals surface area contributed by atoms with Gasteiger partial charge in [-0.05, 0) is 96.0 Å². The average Bonchev–Trinajstić information content (AvgIpc) is 2.93. The Labute approximate surface area is 229 Å². The Balaban J connectivity index is 1.77. The van der Waals surface area contributed by atoms with Gasteiger partial charge in [-0.25, -0.2) is 0 Å². The van der Waals surface area contributed by atoms with Crippen LogP contribution >= 0.6 is 0 Å². The molecule has 0 heterocycles. The van der Waals surface area contributed by atoms with Crippen molar-refractivity contribution >= 4 is 33.5 Å². The monoisotopic (exact) mass is 518 g/mol. The van der Waals surface area contributed by atoms with Gasteiger partial charge in [-0.15, -0.1) is 0 Å². The number of aryl methyl sites for hydroxylation is 3. The number of ether oxygens (including phenoxy) is 2. The number of carbonyl (C=O) groups is 2. The molecule has 0 aliphatic rings. The Bertz CT molecular complexity index is 1180. The summed E-state index contributed by atoms with van der Waals surface area (Å²) in [5.41, 5.74) is 4.10. The van der Waals surface area contributed by atoms with E-state index in [0.29, 0.717) is 26.1 Å². The molecule has 0 aliphatic carbocycles. The normalized spacial score (nSPS) is 11.2. The Kier molecular flexibility index (Phi) is 12.6. The van der Waals surface area contributed by atoms with Crippen molar-refractivity contribution < 1.29 is 19.1 Å². The highest BCUT2D eigenvalue weighted by molar-refractivity contribution is 6.06. The summed E-state index contributed by atoms with van der Waals surface area (Å²) in [6, 6.07) is 15.7. The molecule has 0 atom stereocenters. The molecule has 4 nitrogen and oxygen atoms in total. The Morgan fingerprint density at radius 2 is 1.11 bits per heavy atom. The van der Waals surface area contributed by atoms with Crippen LogP contribution in [-0.2, 0) is 38.3 Å². The van der Waals surface area contributed by atoms with E-state index >= 15 is 0 Å². The van der Waals surface area contributed by atoms with Gasteiger partial charge in [0.05, 0.1) is 13.2 Å². The number of rotatable bonds is 17. The maximum atomic E-state index is 12.1. The van der Waals surface area contributed by atoms with E-state index in [4.69, 9.17) is 9.47 Å². The average molecular weight is 519 g/mol. The van der Waals surface area contributed by atoms with Crippen LogP contribution in [0.2, 0.25) is 0 Å². The molecule has 4 heteroatoms. The van der Waals surface area contributed by atoms with Crippen molar-refractivity contribution in [3.8, 4) is 0 Å². The van der Waals surface area contributed by atoms with Crippen molar-refractivity contribution in [2.75, 3.05) is 13.2 Å². The van der Waals surface area contributed by atoms with Crippen LogP contribution < -0.4 is 0 Å². The topological polar surface area (TPSA) is 52.6 Å². The molecule has 3 aromatic rings. The van der Waals surface area contributed by atoms with E-state index in [2.05, 4.69) is 63.2 Å². The van der Waals surface area contributed by atoms with Gasteiger partial charge in [0.1, 0.15) is 0 Å². The predicted octanol–water partition coefficient (Wildman–Crippen LogP) is 8.67. The molecule has 0 fully saturated rings. The van der Waals surface area contributed by atoms with Crippen molar-refractivity contribution in [2.45, 2.75) is 104 Å². The number of benzene rings is 3. The van der Waals surface area contributed by atoms with Gasteiger partial charge >= 0.3 is 11.9 Å². The molecule has 0 radical (unpaired) electrons. The second-order valence-electron chi connectivity index (χ2n) is 10.3. The Morgan fingerprint density at radius 3 is 1.61 bits per heavy atom. The third kappa shape index (κ3) is 8.58. The van der Waals surface area contributed by atoms with Gasteiger partial charge in [-0.3, -0.25) is 9.59 Å². The molecule has 0 N–H and O–H groups in total. The summed E-state index contributed by atoms with van der Waals surface area (Å²) in [6.45, 7) is 7.47. The number of hydrogen-bond donors (Lipinski definition) is 0.